The van der Waals surface area contributed by atoms with Crippen LogP contribution in [-0.2, 0) is 16.6 Å². The Morgan fingerprint density at radius 1 is 1.15 bits per heavy atom. The van der Waals surface area contributed by atoms with E-state index in [0.29, 0.717) is 17.3 Å². The quantitative estimate of drug-likeness (QED) is 0.912. The first-order valence-corrected chi connectivity index (χ1v) is 7.86. The molecule has 0 radical (unpaired) electrons. The van der Waals surface area contributed by atoms with Gasteiger partial charge in [0.1, 0.15) is 0 Å². The molecule has 4 nitrogen and oxygen atoms in total. The van der Waals surface area contributed by atoms with Crippen LogP contribution in [0.2, 0.25) is 5.02 Å². The topological polar surface area (TPSA) is 72.2 Å². The van der Waals surface area contributed by atoms with E-state index in [9.17, 15) is 8.42 Å². The predicted octanol–water partition coefficient (Wildman–Crippen LogP) is 2.91. The van der Waals surface area contributed by atoms with Crippen molar-refractivity contribution in [3.63, 3.8) is 0 Å². The van der Waals surface area contributed by atoms with E-state index >= 15 is 0 Å². The summed E-state index contributed by atoms with van der Waals surface area (Å²) in [4.78, 5) is 0.186. The van der Waals surface area contributed by atoms with Crippen LogP contribution < -0.4 is 10.5 Å². The number of sulfonamides is 1. The van der Waals surface area contributed by atoms with Gasteiger partial charge in [-0.3, -0.25) is 4.72 Å². The molecule has 0 aliphatic heterocycles. The van der Waals surface area contributed by atoms with Gasteiger partial charge in [-0.25, -0.2) is 8.42 Å². The van der Waals surface area contributed by atoms with Crippen molar-refractivity contribution < 1.29 is 8.42 Å². The van der Waals surface area contributed by atoms with E-state index in [2.05, 4.69) is 4.72 Å². The van der Waals surface area contributed by atoms with Crippen molar-refractivity contribution in [2.45, 2.75) is 18.4 Å². The third-order valence-corrected chi connectivity index (χ3v) is 4.70. The zero-order valence-electron chi connectivity index (χ0n) is 10.9. The molecule has 20 heavy (non-hydrogen) atoms. The Labute approximate surface area is 123 Å². The van der Waals surface area contributed by atoms with Crippen LogP contribution in [0.3, 0.4) is 0 Å². The maximum absolute atomic E-state index is 12.2. The third kappa shape index (κ3) is 3.30. The molecule has 106 valence electrons. The molecule has 0 amide bonds. The zero-order chi connectivity index (χ0) is 14.8. The van der Waals surface area contributed by atoms with Crippen molar-refractivity contribution in [3.8, 4) is 0 Å². The molecule has 2 aromatic carbocycles. The highest BCUT2D eigenvalue weighted by Gasteiger charge is 2.14. The van der Waals surface area contributed by atoms with Crippen LogP contribution in [0.15, 0.2) is 47.4 Å². The molecule has 0 heterocycles. The highest BCUT2D eigenvalue weighted by atomic mass is 35.5. The average Bonchev–Trinajstić information content (AvgIpc) is 2.43. The second kappa shape index (κ2) is 5.83. The second-order valence-electron chi connectivity index (χ2n) is 4.42. The summed E-state index contributed by atoms with van der Waals surface area (Å²) >= 11 is 5.98. The molecule has 0 aliphatic rings. The van der Waals surface area contributed by atoms with Crippen LogP contribution in [0.5, 0.6) is 0 Å². The van der Waals surface area contributed by atoms with Gasteiger partial charge in [0.15, 0.2) is 0 Å². The normalized spacial score (nSPS) is 11.3. The van der Waals surface area contributed by atoms with E-state index in [4.69, 9.17) is 17.3 Å². The van der Waals surface area contributed by atoms with Gasteiger partial charge in [0.2, 0.25) is 0 Å². The van der Waals surface area contributed by atoms with Crippen molar-refractivity contribution in [1.82, 2.24) is 0 Å². The van der Waals surface area contributed by atoms with E-state index in [1.165, 1.54) is 12.1 Å². The largest absolute Gasteiger partial charge is 0.326 e. The van der Waals surface area contributed by atoms with Crippen molar-refractivity contribution in [3.05, 3.63) is 58.6 Å². The van der Waals surface area contributed by atoms with Crippen molar-refractivity contribution in [1.29, 1.82) is 0 Å². The van der Waals surface area contributed by atoms with Gasteiger partial charge in [0.05, 0.1) is 10.6 Å². The monoisotopic (exact) mass is 310 g/mol. The molecule has 0 unspecified atom stereocenters. The highest BCUT2D eigenvalue weighted by Crippen LogP contribution is 2.22. The average molecular weight is 311 g/mol. The number of hydrogen-bond acceptors (Lipinski definition) is 3. The molecule has 2 rings (SSSR count). The van der Waals surface area contributed by atoms with E-state index in [1.54, 1.807) is 30.3 Å². The maximum atomic E-state index is 12.2. The molecule has 0 spiro atoms. The Hall–Kier alpha value is -1.56. The van der Waals surface area contributed by atoms with E-state index < -0.39 is 10.0 Å². The first-order chi connectivity index (χ1) is 9.42. The Balaban J connectivity index is 2.27. The summed E-state index contributed by atoms with van der Waals surface area (Å²) in [7, 11) is -3.62. The molecule has 0 saturated heterocycles. The van der Waals surface area contributed by atoms with Gasteiger partial charge < -0.3 is 5.73 Å². The van der Waals surface area contributed by atoms with Gasteiger partial charge in [-0.1, -0.05) is 29.8 Å². The maximum Gasteiger partial charge on any atom is 0.261 e. The Morgan fingerprint density at radius 3 is 2.35 bits per heavy atom. The number of aryl methyl sites for hydroxylation is 1. The fourth-order valence-corrected chi connectivity index (χ4v) is 2.91. The van der Waals surface area contributed by atoms with Gasteiger partial charge in [-0.05, 0) is 42.3 Å². The lowest BCUT2D eigenvalue weighted by Gasteiger charge is -2.09. The zero-order valence-corrected chi connectivity index (χ0v) is 12.5. The molecular formula is C14H15ClN2O2S. The molecule has 2 aromatic rings. The summed E-state index contributed by atoms with van der Waals surface area (Å²) in [6, 6.07) is 11.5. The van der Waals surface area contributed by atoms with E-state index in [1.807, 2.05) is 6.92 Å². The molecule has 0 fully saturated rings. The van der Waals surface area contributed by atoms with Gasteiger partial charge in [-0.15, -0.1) is 0 Å². The summed E-state index contributed by atoms with van der Waals surface area (Å²) in [6.07, 6.45) is 0. The molecule has 3 N–H and O–H groups in total. The minimum absolute atomic E-state index is 0.186. The second-order valence-corrected chi connectivity index (χ2v) is 6.51. The lowest BCUT2D eigenvalue weighted by molar-refractivity contribution is 0.601. The minimum atomic E-state index is -3.62. The minimum Gasteiger partial charge on any atom is -0.326 e. The molecule has 0 bridgehead atoms. The fourth-order valence-electron chi connectivity index (χ4n) is 1.68. The first kappa shape index (κ1) is 14.8. The van der Waals surface area contributed by atoms with Gasteiger partial charge >= 0.3 is 0 Å². The Bertz CT molecular complexity index is 712. The van der Waals surface area contributed by atoms with E-state index in [0.717, 1.165) is 11.1 Å². The number of nitrogens with two attached hydrogens (primary N) is 1. The van der Waals surface area contributed by atoms with Gasteiger partial charge in [-0.2, -0.15) is 0 Å². The molecule has 0 atom stereocenters. The smallest absolute Gasteiger partial charge is 0.261 e. The van der Waals surface area contributed by atoms with Crippen molar-refractivity contribution in [2.24, 2.45) is 5.73 Å². The number of anilines is 1. The number of nitrogens with one attached hydrogen (secondary N) is 1. The Morgan fingerprint density at radius 2 is 1.80 bits per heavy atom. The SMILES string of the molecule is Cc1ccc(NS(=O)(=O)c2ccc(CN)cc2)cc1Cl. The van der Waals surface area contributed by atoms with E-state index in [-0.39, 0.29) is 4.90 Å². The van der Waals surface area contributed by atoms with Gasteiger partial charge in [0, 0.05) is 11.6 Å². The van der Waals surface area contributed by atoms with Crippen molar-refractivity contribution >= 4 is 27.3 Å². The summed E-state index contributed by atoms with van der Waals surface area (Å²) in [6.45, 7) is 2.23. The number of halogens is 1. The predicted molar refractivity (Wildman–Crippen MR) is 81.3 cm³/mol. The van der Waals surface area contributed by atoms with Crippen molar-refractivity contribution in [2.75, 3.05) is 4.72 Å². The lowest BCUT2D eigenvalue weighted by Crippen LogP contribution is -2.13. The number of benzene rings is 2. The highest BCUT2D eigenvalue weighted by molar-refractivity contribution is 7.92. The third-order valence-electron chi connectivity index (χ3n) is 2.89. The summed E-state index contributed by atoms with van der Waals surface area (Å²) in [5, 5.41) is 0.517. The molecule has 0 aromatic heterocycles. The molecular weight excluding hydrogens is 296 g/mol. The van der Waals surface area contributed by atoms with Crippen LogP contribution >= 0.6 is 11.6 Å². The van der Waals surface area contributed by atoms with Crippen LogP contribution in [0.4, 0.5) is 5.69 Å². The molecule has 0 aliphatic carbocycles. The summed E-state index contributed by atoms with van der Waals surface area (Å²) in [5.74, 6) is 0. The number of hydrogen-bond donors (Lipinski definition) is 2. The molecule has 6 heteroatoms. The standard InChI is InChI=1S/C14H15ClN2O2S/c1-10-2-5-12(8-14(10)15)17-20(18,19)13-6-3-11(9-16)4-7-13/h2-8,17H,9,16H2,1H3. The first-order valence-electron chi connectivity index (χ1n) is 6.00. The lowest BCUT2D eigenvalue weighted by atomic mass is 10.2. The van der Waals surface area contributed by atoms with Crippen LogP contribution in [0.1, 0.15) is 11.1 Å². The Kier molecular flexibility index (Phi) is 4.32. The molecule has 0 saturated carbocycles. The fraction of sp³-hybridized carbons (Fsp3) is 0.143. The summed E-state index contributed by atoms with van der Waals surface area (Å²) in [5.41, 5.74) is 7.69. The number of rotatable bonds is 4. The van der Waals surface area contributed by atoms with Crippen LogP contribution in [-0.4, -0.2) is 8.42 Å². The van der Waals surface area contributed by atoms with Crippen LogP contribution in [0.25, 0.3) is 0 Å². The van der Waals surface area contributed by atoms with Crippen LogP contribution in [0, 0.1) is 6.92 Å². The summed E-state index contributed by atoms with van der Waals surface area (Å²) < 4.78 is 26.9. The van der Waals surface area contributed by atoms with Gasteiger partial charge in [0.25, 0.3) is 10.0 Å².